The Bertz CT molecular complexity index is 840. The van der Waals surface area contributed by atoms with E-state index >= 15 is 0 Å². The van der Waals surface area contributed by atoms with Crippen molar-refractivity contribution in [1.82, 2.24) is 20.0 Å². The van der Waals surface area contributed by atoms with Crippen molar-refractivity contribution in [3.63, 3.8) is 0 Å². The van der Waals surface area contributed by atoms with Gasteiger partial charge in [-0.2, -0.15) is 0 Å². The van der Waals surface area contributed by atoms with Gasteiger partial charge in [-0.05, 0) is 12.1 Å². The summed E-state index contributed by atoms with van der Waals surface area (Å²) in [6.07, 6.45) is 0.0556. The summed E-state index contributed by atoms with van der Waals surface area (Å²) in [5, 5.41) is 12.7. The lowest BCUT2D eigenvalue weighted by molar-refractivity contribution is -0.117. The highest BCUT2D eigenvalue weighted by Gasteiger charge is 2.11. The molecule has 0 spiro atoms. The van der Waals surface area contributed by atoms with E-state index in [1.165, 1.54) is 16.0 Å². The highest BCUT2D eigenvalue weighted by Crippen LogP contribution is 2.16. The van der Waals surface area contributed by atoms with Crippen LogP contribution in [-0.4, -0.2) is 31.8 Å². The number of rotatable bonds is 5. The Hall–Kier alpha value is -2.81. The Balaban J connectivity index is 1.67. The third kappa shape index (κ3) is 3.09. The first-order valence-electron chi connectivity index (χ1n) is 6.42. The van der Waals surface area contributed by atoms with Gasteiger partial charge in [0.1, 0.15) is 12.1 Å². The molecule has 0 atom stereocenters. The lowest BCUT2D eigenvalue weighted by Gasteiger charge is -2.02. The maximum atomic E-state index is 12.0. The second kappa shape index (κ2) is 5.90. The number of carbonyl (C=O) groups excluding carboxylic acids is 2. The quantitative estimate of drug-likeness (QED) is 0.713. The predicted molar refractivity (Wildman–Crippen MR) is 81.2 cm³/mol. The Morgan fingerprint density at radius 1 is 1.32 bits per heavy atom. The van der Waals surface area contributed by atoms with Crippen molar-refractivity contribution >= 4 is 39.3 Å². The maximum Gasteiger partial charge on any atom is 0.247 e. The molecule has 2 aromatic heterocycles. The van der Waals surface area contributed by atoms with Gasteiger partial charge in [-0.1, -0.05) is 17.3 Å². The van der Waals surface area contributed by atoms with Gasteiger partial charge in [0.05, 0.1) is 17.6 Å². The average Bonchev–Trinajstić information content (AvgIpc) is 3.06. The van der Waals surface area contributed by atoms with Gasteiger partial charge in [-0.3, -0.25) is 9.59 Å². The second-order valence-corrected chi connectivity index (χ2v) is 5.43. The van der Waals surface area contributed by atoms with Gasteiger partial charge in [-0.25, -0.2) is 9.67 Å². The minimum atomic E-state index is -0.461. The van der Waals surface area contributed by atoms with Crippen LogP contribution in [0.4, 0.5) is 5.13 Å². The molecule has 3 N–H and O–H groups in total. The first-order valence-corrected chi connectivity index (χ1v) is 7.30. The number of fused-ring (bicyclic) bond motifs is 1. The summed E-state index contributed by atoms with van der Waals surface area (Å²) in [5.74, 6) is -0.729. The van der Waals surface area contributed by atoms with Gasteiger partial charge in [0.15, 0.2) is 5.13 Å². The van der Waals surface area contributed by atoms with E-state index in [0.29, 0.717) is 10.8 Å². The summed E-state index contributed by atoms with van der Waals surface area (Å²) < 4.78 is 1.52. The van der Waals surface area contributed by atoms with Crippen molar-refractivity contribution in [2.24, 2.45) is 5.73 Å². The van der Waals surface area contributed by atoms with Crippen LogP contribution in [0.5, 0.6) is 0 Å². The number of anilines is 1. The van der Waals surface area contributed by atoms with E-state index in [1.54, 1.807) is 5.38 Å². The minimum absolute atomic E-state index is 0.0330. The number of nitrogens with two attached hydrogens (primary N) is 1. The summed E-state index contributed by atoms with van der Waals surface area (Å²) in [4.78, 5) is 27.0. The van der Waals surface area contributed by atoms with Crippen molar-refractivity contribution < 1.29 is 9.59 Å². The van der Waals surface area contributed by atoms with Crippen LogP contribution in [-0.2, 0) is 22.6 Å². The molecule has 0 radical (unpaired) electrons. The molecule has 3 rings (SSSR count). The third-order valence-corrected chi connectivity index (χ3v) is 3.67. The van der Waals surface area contributed by atoms with Crippen LogP contribution in [0.15, 0.2) is 29.6 Å². The molecule has 1 aromatic carbocycles. The molecule has 0 saturated carbocycles. The van der Waals surface area contributed by atoms with Crippen molar-refractivity contribution in [2.45, 2.75) is 13.0 Å². The van der Waals surface area contributed by atoms with Crippen LogP contribution in [0, 0.1) is 0 Å². The average molecular weight is 316 g/mol. The van der Waals surface area contributed by atoms with Gasteiger partial charge < -0.3 is 11.1 Å². The molecule has 0 unspecified atom stereocenters. The first kappa shape index (κ1) is 14.1. The molecule has 2 heterocycles. The molecule has 9 heteroatoms. The van der Waals surface area contributed by atoms with Crippen LogP contribution in [0.3, 0.4) is 0 Å². The zero-order valence-electron chi connectivity index (χ0n) is 11.4. The number of hydrogen-bond donors (Lipinski definition) is 2. The molecule has 0 aliphatic rings. The fraction of sp³-hybridized carbons (Fsp3) is 0.154. The standard InChI is InChI=1S/C13H12N6O2S/c14-11(20)5-8-7-22-13(15-8)16-12(21)6-19-10-4-2-1-3-9(10)17-18-19/h1-4,7H,5-6H2,(H2,14,20)(H,15,16,21). The molecule has 0 fully saturated rings. The van der Waals surface area contributed by atoms with E-state index in [9.17, 15) is 9.59 Å². The van der Waals surface area contributed by atoms with E-state index in [4.69, 9.17) is 5.73 Å². The molecule has 2 amide bonds. The van der Waals surface area contributed by atoms with E-state index in [1.807, 2.05) is 24.3 Å². The molecule has 8 nitrogen and oxygen atoms in total. The van der Waals surface area contributed by atoms with Gasteiger partial charge >= 0.3 is 0 Å². The Labute approximate surface area is 128 Å². The Kier molecular flexibility index (Phi) is 3.79. The van der Waals surface area contributed by atoms with Crippen LogP contribution >= 0.6 is 11.3 Å². The van der Waals surface area contributed by atoms with Crippen LogP contribution in [0.2, 0.25) is 0 Å². The van der Waals surface area contributed by atoms with E-state index in [-0.39, 0.29) is 18.9 Å². The van der Waals surface area contributed by atoms with Crippen molar-refractivity contribution in [1.29, 1.82) is 0 Å². The number of thiazole rings is 1. The van der Waals surface area contributed by atoms with Crippen LogP contribution < -0.4 is 11.1 Å². The number of aromatic nitrogens is 4. The number of para-hydroxylation sites is 1. The SMILES string of the molecule is NC(=O)Cc1csc(NC(=O)Cn2nnc3ccccc32)n1. The number of primary amides is 1. The summed E-state index contributed by atoms with van der Waals surface area (Å²) >= 11 is 1.24. The van der Waals surface area contributed by atoms with Gasteiger partial charge in [-0.15, -0.1) is 16.4 Å². The normalized spacial score (nSPS) is 10.7. The van der Waals surface area contributed by atoms with Crippen molar-refractivity contribution in [3.05, 3.63) is 35.3 Å². The number of amides is 2. The molecule has 0 aliphatic heterocycles. The molecule has 0 bridgehead atoms. The number of carbonyl (C=O) groups is 2. The van der Waals surface area contributed by atoms with Crippen molar-refractivity contribution in [3.8, 4) is 0 Å². The monoisotopic (exact) mass is 316 g/mol. The highest BCUT2D eigenvalue weighted by molar-refractivity contribution is 7.13. The van der Waals surface area contributed by atoms with E-state index in [0.717, 1.165) is 11.0 Å². The lowest BCUT2D eigenvalue weighted by atomic mass is 10.3. The van der Waals surface area contributed by atoms with Crippen LogP contribution in [0.1, 0.15) is 5.69 Å². The number of nitrogens with zero attached hydrogens (tertiary/aromatic N) is 4. The Morgan fingerprint density at radius 3 is 2.95 bits per heavy atom. The summed E-state index contributed by atoms with van der Waals surface area (Å²) in [6.45, 7) is 0.0330. The lowest BCUT2D eigenvalue weighted by Crippen LogP contribution is -2.19. The van der Waals surface area contributed by atoms with E-state index < -0.39 is 5.91 Å². The van der Waals surface area contributed by atoms with Crippen LogP contribution in [0.25, 0.3) is 11.0 Å². The predicted octanol–water partition coefficient (Wildman–Crippen LogP) is 0.554. The molecular weight excluding hydrogens is 304 g/mol. The Morgan fingerprint density at radius 2 is 2.14 bits per heavy atom. The number of hydrogen-bond acceptors (Lipinski definition) is 6. The van der Waals surface area contributed by atoms with Gasteiger partial charge in [0.25, 0.3) is 0 Å². The summed E-state index contributed by atoms with van der Waals surface area (Å²) in [7, 11) is 0. The van der Waals surface area contributed by atoms with Gasteiger partial charge in [0.2, 0.25) is 11.8 Å². The summed E-state index contributed by atoms with van der Waals surface area (Å²) in [5.41, 5.74) is 7.15. The highest BCUT2D eigenvalue weighted by atomic mass is 32.1. The molecule has 3 aromatic rings. The smallest absolute Gasteiger partial charge is 0.247 e. The zero-order valence-corrected chi connectivity index (χ0v) is 12.2. The molecular formula is C13H12N6O2S. The number of benzene rings is 1. The topological polar surface area (TPSA) is 116 Å². The maximum absolute atomic E-state index is 12.0. The zero-order chi connectivity index (χ0) is 15.5. The largest absolute Gasteiger partial charge is 0.369 e. The fourth-order valence-corrected chi connectivity index (χ4v) is 2.68. The summed E-state index contributed by atoms with van der Waals surface area (Å²) in [6, 6.07) is 7.39. The minimum Gasteiger partial charge on any atom is -0.369 e. The molecule has 112 valence electrons. The van der Waals surface area contributed by atoms with E-state index in [2.05, 4.69) is 20.6 Å². The fourth-order valence-electron chi connectivity index (χ4n) is 1.95. The molecule has 0 aliphatic carbocycles. The first-order chi connectivity index (χ1) is 10.6. The molecule has 0 saturated heterocycles. The number of nitrogens with one attached hydrogen (secondary N) is 1. The second-order valence-electron chi connectivity index (χ2n) is 4.57. The van der Waals surface area contributed by atoms with Crippen molar-refractivity contribution in [2.75, 3.05) is 5.32 Å². The van der Waals surface area contributed by atoms with Gasteiger partial charge in [0, 0.05) is 5.38 Å². The molecule has 22 heavy (non-hydrogen) atoms. The third-order valence-electron chi connectivity index (χ3n) is 2.87.